The lowest BCUT2D eigenvalue weighted by atomic mass is 10.2. The number of unbranched alkanes of at least 4 members (excludes halogenated alkanes) is 2. The van der Waals surface area contributed by atoms with E-state index in [2.05, 4.69) is 5.32 Å². The topological polar surface area (TPSA) is 108 Å². The highest BCUT2D eigenvalue weighted by molar-refractivity contribution is 5.94. The van der Waals surface area contributed by atoms with Crippen LogP contribution in [0.25, 0.3) is 0 Å². The molecule has 22 heavy (non-hydrogen) atoms. The minimum atomic E-state index is -0.721. The number of carboxylic acid groups (broad SMARTS) is 1. The quantitative estimate of drug-likeness (QED) is 0.268. The molecule has 0 aliphatic heterocycles. The molecule has 0 unspecified atom stereocenters. The second-order valence-electron chi connectivity index (χ2n) is 5.09. The van der Waals surface area contributed by atoms with Crippen molar-refractivity contribution in [3.05, 3.63) is 29.8 Å². The van der Waals surface area contributed by atoms with E-state index in [1.807, 2.05) is 12.1 Å². The molecule has 0 fully saturated rings. The monoisotopic (exact) mass is 307 g/mol. The van der Waals surface area contributed by atoms with Crippen molar-refractivity contribution in [2.24, 2.45) is 5.73 Å². The summed E-state index contributed by atoms with van der Waals surface area (Å²) in [5, 5.41) is 19.1. The van der Waals surface area contributed by atoms with Crippen molar-refractivity contribution in [2.75, 3.05) is 19.7 Å². The van der Waals surface area contributed by atoms with E-state index in [0.717, 1.165) is 44.5 Å². The Morgan fingerprint density at radius 1 is 1.14 bits per heavy atom. The van der Waals surface area contributed by atoms with E-state index in [0.29, 0.717) is 12.2 Å². The third-order valence-electron chi connectivity index (χ3n) is 3.18. The van der Waals surface area contributed by atoms with Gasteiger partial charge >= 0.3 is 5.97 Å². The molecule has 1 aromatic rings. The van der Waals surface area contributed by atoms with Crippen molar-refractivity contribution in [2.45, 2.75) is 32.1 Å². The summed E-state index contributed by atoms with van der Waals surface area (Å²) >= 11 is 0. The van der Waals surface area contributed by atoms with E-state index in [4.69, 9.17) is 21.0 Å². The summed E-state index contributed by atoms with van der Waals surface area (Å²) in [4.78, 5) is 10.3. The first-order valence-electron chi connectivity index (χ1n) is 7.59. The van der Waals surface area contributed by atoms with Crippen molar-refractivity contribution >= 4 is 11.8 Å². The van der Waals surface area contributed by atoms with Gasteiger partial charge < -0.3 is 20.9 Å². The Bertz CT molecular complexity index is 460. The Morgan fingerprint density at radius 2 is 1.82 bits per heavy atom. The minimum Gasteiger partial charge on any atom is -0.494 e. The van der Waals surface area contributed by atoms with Gasteiger partial charge in [0.15, 0.2) is 0 Å². The van der Waals surface area contributed by atoms with Crippen LogP contribution in [0.1, 0.15) is 37.7 Å². The number of ether oxygens (including phenoxy) is 1. The van der Waals surface area contributed by atoms with Crippen LogP contribution in [0.4, 0.5) is 0 Å². The van der Waals surface area contributed by atoms with E-state index >= 15 is 0 Å². The largest absolute Gasteiger partial charge is 0.494 e. The fourth-order valence-corrected chi connectivity index (χ4v) is 1.95. The summed E-state index contributed by atoms with van der Waals surface area (Å²) < 4.78 is 5.60. The van der Waals surface area contributed by atoms with E-state index in [1.165, 1.54) is 0 Å². The van der Waals surface area contributed by atoms with Crippen molar-refractivity contribution in [1.29, 1.82) is 5.41 Å². The van der Waals surface area contributed by atoms with Crippen LogP contribution in [-0.2, 0) is 4.79 Å². The number of benzene rings is 1. The molecule has 6 heteroatoms. The predicted molar refractivity (Wildman–Crippen MR) is 86.5 cm³/mol. The number of hydrogen-bond acceptors (Lipinski definition) is 4. The number of nitrogens with two attached hydrogens (primary N) is 1. The highest BCUT2D eigenvalue weighted by Gasteiger charge is 1.98. The Balaban J connectivity index is 1.97. The fourth-order valence-electron chi connectivity index (χ4n) is 1.95. The van der Waals surface area contributed by atoms with Gasteiger partial charge in [-0.3, -0.25) is 10.2 Å². The molecule has 0 radical (unpaired) electrons. The third kappa shape index (κ3) is 8.26. The molecule has 0 aliphatic rings. The van der Waals surface area contributed by atoms with Gasteiger partial charge in [-0.15, -0.1) is 0 Å². The molecule has 5 N–H and O–H groups in total. The van der Waals surface area contributed by atoms with Gasteiger partial charge in [0.2, 0.25) is 0 Å². The highest BCUT2D eigenvalue weighted by atomic mass is 16.5. The van der Waals surface area contributed by atoms with Crippen molar-refractivity contribution in [3.8, 4) is 5.75 Å². The maximum Gasteiger partial charge on any atom is 0.303 e. The number of carbonyl (C=O) groups is 1. The number of nitrogen functional groups attached to an aromatic ring is 1. The summed E-state index contributed by atoms with van der Waals surface area (Å²) in [5.74, 6) is 0.110. The van der Waals surface area contributed by atoms with Crippen molar-refractivity contribution < 1.29 is 14.6 Å². The van der Waals surface area contributed by atoms with Gasteiger partial charge in [-0.05, 0) is 56.6 Å². The number of carboxylic acids is 1. The molecule has 1 aromatic carbocycles. The minimum absolute atomic E-state index is 0.0547. The lowest BCUT2D eigenvalue weighted by Crippen LogP contribution is -2.18. The normalized spacial score (nSPS) is 10.4. The molecule has 1 rings (SSSR count). The van der Waals surface area contributed by atoms with Gasteiger partial charge in [-0.1, -0.05) is 6.42 Å². The lowest BCUT2D eigenvalue weighted by molar-refractivity contribution is -0.137. The molecule has 0 saturated carbocycles. The molecular weight excluding hydrogens is 282 g/mol. The van der Waals surface area contributed by atoms with Crippen LogP contribution in [0.3, 0.4) is 0 Å². The third-order valence-corrected chi connectivity index (χ3v) is 3.18. The van der Waals surface area contributed by atoms with Crippen LogP contribution in [0.5, 0.6) is 5.75 Å². The molecule has 0 bridgehead atoms. The van der Waals surface area contributed by atoms with E-state index < -0.39 is 5.97 Å². The molecule has 6 nitrogen and oxygen atoms in total. The molecule has 0 aromatic heterocycles. The van der Waals surface area contributed by atoms with Crippen LogP contribution in [0, 0.1) is 5.41 Å². The van der Waals surface area contributed by atoms with E-state index in [-0.39, 0.29) is 12.3 Å². The van der Waals surface area contributed by atoms with Crippen LogP contribution < -0.4 is 15.8 Å². The smallest absolute Gasteiger partial charge is 0.303 e. The van der Waals surface area contributed by atoms with Gasteiger partial charge in [0.1, 0.15) is 11.6 Å². The molecular formula is C16H25N3O3. The maximum atomic E-state index is 10.3. The van der Waals surface area contributed by atoms with Gasteiger partial charge in [0.05, 0.1) is 6.61 Å². The fraction of sp³-hybridized carbons (Fsp3) is 0.500. The van der Waals surface area contributed by atoms with Gasteiger partial charge in [-0.25, -0.2) is 0 Å². The Hall–Kier alpha value is -2.08. The van der Waals surface area contributed by atoms with E-state index in [9.17, 15) is 4.79 Å². The number of nitrogens with one attached hydrogen (secondary N) is 2. The van der Waals surface area contributed by atoms with Gasteiger partial charge in [0, 0.05) is 12.0 Å². The summed E-state index contributed by atoms with van der Waals surface area (Å²) in [5.41, 5.74) is 6.07. The summed E-state index contributed by atoms with van der Waals surface area (Å²) in [6.07, 6.45) is 3.86. The molecule has 0 spiro atoms. The molecule has 0 atom stereocenters. The lowest BCUT2D eigenvalue weighted by Gasteiger charge is -2.08. The molecule has 0 aliphatic carbocycles. The second kappa shape index (κ2) is 10.6. The van der Waals surface area contributed by atoms with Gasteiger partial charge in [-0.2, -0.15) is 0 Å². The Labute approximate surface area is 131 Å². The number of rotatable bonds is 12. The first kappa shape index (κ1) is 18.0. The number of amidine groups is 1. The zero-order chi connectivity index (χ0) is 16.2. The van der Waals surface area contributed by atoms with Crippen molar-refractivity contribution in [3.63, 3.8) is 0 Å². The first-order valence-corrected chi connectivity index (χ1v) is 7.59. The maximum absolute atomic E-state index is 10.3. The Morgan fingerprint density at radius 3 is 2.45 bits per heavy atom. The predicted octanol–water partition coefficient (Wildman–Crippen LogP) is 1.97. The summed E-state index contributed by atoms with van der Waals surface area (Å²) in [6.45, 7) is 2.42. The standard InChI is InChI=1S/C16H25N3O3/c17-16(18)13-6-8-14(9-7-13)22-12-4-11-19-10-3-1-2-5-15(20)21/h6-9,19H,1-5,10-12H2,(H3,17,18)(H,20,21). The molecule has 0 amide bonds. The number of hydrogen-bond donors (Lipinski definition) is 4. The first-order chi connectivity index (χ1) is 10.6. The zero-order valence-electron chi connectivity index (χ0n) is 12.8. The van der Waals surface area contributed by atoms with Crippen LogP contribution in [-0.4, -0.2) is 36.6 Å². The molecule has 0 saturated heterocycles. The summed E-state index contributed by atoms with van der Waals surface area (Å²) in [7, 11) is 0. The zero-order valence-corrected chi connectivity index (χ0v) is 12.8. The molecule has 0 heterocycles. The molecule has 122 valence electrons. The Kier molecular flexibility index (Phi) is 8.67. The number of aliphatic carboxylic acids is 1. The average Bonchev–Trinajstić information content (AvgIpc) is 2.49. The van der Waals surface area contributed by atoms with E-state index in [1.54, 1.807) is 12.1 Å². The highest BCUT2D eigenvalue weighted by Crippen LogP contribution is 2.11. The van der Waals surface area contributed by atoms with Crippen LogP contribution in [0.2, 0.25) is 0 Å². The van der Waals surface area contributed by atoms with Crippen LogP contribution in [0.15, 0.2) is 24.3 Å². The van der Waals surface area contributed by atoms with Crippen LogP contribution >= 0.6 is 0 Å². The van der Waals surface area contributed by atoms with Gasteiger partial charge in [0.25, 0.3) is 0 Å². The second-order valence-corrected chi connectivity index (χ2v) is 5.09. The van der Waals surface area contributed by atoms with Crippen molar-refractivity contribution in [1.82, 2.24) is 5.32 Å². The summed E-state index contributed by atoms with van der Waals surface area (Å²) in [6, 6.07) is 7.17. The average molecular weight is 307 g/mol. The SMILES string of the molecule is N=C(N)c1ccc(OCCCNCCCCCC(=O)O)cc1.